The lowest BCUT2D eigenvalue weighted by Crippen LogP contribution is -2.29. The molecule has 0 spiro atoms. The zero-order chi connectivity index (χ0) is 13.9. The topological polar surface area (TPSA) is 38.1 Å². The zero-order valence-corrected chi connectivity index (χ0v) is 11.2. The van der Waals surface area contributed by atoms with E-state index in [4.69, 9.17) is 0 Å². The predicted molar refractivity (Wildman–Crippen MR) is 79.6 cm³/mol. The molecule has 3 rings (SSSR count). The number of para-hydroxylation sites is 3. The molecule has 20 heavy (non-hydrogen) atoms. The fourth-order valence-corrected chi connectivity index (χ4v) is 2.18. The van der Waals surface area contributed by atoms with E-state index in [-0.39, 0.29) is 12.5 Å². The van der Waals surface area contributed by atoms with Crippen LogP contribution in [0, 0.1) is 0 Å². The summed E-state index contributed by atoms with van der Waals surface area (Å²) in [6, 6.07) is 17.4. The molecular formula is C16H15N3O. The molecule has 0 aliphatic carbocycles. The number of carbonyl (C=O) groups is 1. The number of likely N-dealkylation sites (N-methyl/N-ethyl adjacent to an activating group) is 1. The summed E-state index contributed by atoms with van der Waals surface area (Å²) in [7, 11) is 1.79. The monoisotopic (exact) mass is 265 g/mol. The first-order valence-electron chi connectivity index (χ1n) is 6.47. The van der Waals surface area contributed by atoms with Crippen LogP contribution in [0.5, 0.6) is 0 Å². The Morgan fingerprint density at radius 1 is 1.10 bits per heavy atom. The Labute approximate surface area is 117 Å². The maximum Gasteiger partial charge on any atom is 0.246 e. The van der Waals surface area contributed by atoms with E-state index in [2.05, 4.69) is 4.98 Å². The minimum atomic E-state index is 0.0272. The summed E-state index contributed by atoms with van der Waals surface area (Å²) in [5, 5.41) is 0. The summed E-state index contributed by atoms with van der Waals surface area (Å²) in [6.45, 7) is 0.284. The van der Waals surface area contributed by atoms with Crippen molar-refractivity contribution < 1.29 is 4.79 Å². The molecule has 0 aliphatic rings. The molecule has 0 saturated heterocycles. The van der Waals surface area contributed by atoms with E-state index in [1.807, 2.05) is 59.2 Å². The number of nitrogens with zero attached hydrogens (tertiary/aromatic N) is 3. The van der Waals surface area contributed by atoms with Gasteiger partial charge in [0.15, 0.2) is 0 Å². The molecular weight excluding hydrogens is 250 g/mol. The highest BCUT2D eigenvalue weighted by atomic mass is 16.2. The van der Waals surface area contributed by atoms with Gasteiger partial charge in [-0.25, -0.2) is 4.98 Å². The third kappa shape index (κ3) is 2.28. The van der Waals surface area contributed by atoms with Crippen molar-refractivity contribution in [2.45, 2.75) is 6.54 Å². The fraction of sp³-hybridized carbons (Fsp3) is 0.125. The van der Waals surface area contributed by atoms with Gasteiger partial charge in [0.1, 0.15) is 6.54 Å². The Morgan fingerprint density at radius 2 is 1.80 bits per heavy atom. The first-order valence-corrected chi connectivity index (χ1v) is 6.47. The van der Waals surface area contributed by atoms with Crippen molar-refractivity contribution in [3.05, 3.63) is 60.9 Å². The summed E-state index contributed by atoms with van der Waals surface area (Å²) in [4.78, 5) is 18.3. The molecule has 0 radical (unpaired) electrons. The Kier molecular flexibility index (Phi) is 3.21. The highest BCUT2D eigenvalue weighted by molar-refractivity contribution is 5.93. The van der Waals surface area contributed by atoms with Crippen LogP contribution in [-0.4, -0.2) is 22.5 Å². The number of amides is 1. The average Bonchev–Trinajstić information content (AvgIpc) is 2.91. The molecule has 100 valence electrons. The normalized spacial score (nSPS) is 10.7. The quantitative estimate of drug-likeness (QED) is 0.730. The van der Waals surface area contributed by atoms with Crippen molar-refractivity contribution >= 4 is 22.6 Å². The average molecular weight is 265 g/mol. The van der Waals surface area contributed by atoms with Crippen LogP contribution in [-0.2, 0) is 11.3 Å². The molecule has 0 aliphatic heterocycles. The number of anilines is 1. The van der Waals surface area contributed by atoms with E-state index in [1.54, 1.807) is 18.3 Å². The lowest BCUT2D eigenvalue weighted by Gasteiger charge is -2.17. The smallest absolute Gasteiger partial charge is 0.246 e. The minimum Gasteiger partial charge on any atom is -0.321 e. The van der Waals surface area contributed by atoms with Gasteiger partial charge in [0.2, 0.25) is 5.91 Å². The summed E-state index contributed by atoms with van der Waals surface area (Å²) in [5.41, 5.74) is 2.77. The maximum absolute atomic E-state index is 12.3. The SMILES string of the molecule is CN(C(=O)Cn1cnc2ccccc21)c1ccccc1. The maximum atomic E-state index is 12.3. The molecule has 0 fully saturated rings. The van der Waals surface area contributed by atoms with E-state index in [1.165, 1.54) is 0 Å². The summed E-state index contributed by atoms with van der Waals surface area (Å²) in [6.07, 6.45) is 1.71. The first kappa shape index (κ1) is 12.4. The van der Waals surface area contributed by atoms with Gasteiger partial charge in [-0.15, -0.1) is 0 Å². The van der Waals surface area contributed by atoms with Gasteiger partial charge in [-0.1, -0.05) is 30.3 Å². The van der Waals surface area contributed by atoms with Crippen LogP contribution >= 0.6 is 0 Å². The van der Waals surface area contributed by atoms with Crippen LogP contribution in [0.25, 0.3) is 11.0 Å². The van der Waals surface area contributed by atoms with Gasteiger partial charge < -0.3 is 9.47 Å². The van der Waals surface area contributed by atoms with Crippen molar-refractivity contribution in [3.63, 3.8) is 0 Å². The molecule has 0 N–H and O–H groups in total. The number of aromatic nitrogens is 2. The van der Waals surface area contributed by atoms with E-state index < -0.39 is 0 Å². The molecule has 0 unspecified atom stereocenters. The van der Waals surface area contributed by atoms with Gasteiger partial charge in [-0.05, 0) is 24.3 Å². The van der Waals surface area contributed by atoms with Crippen LogP contribution in [0.3, 0.4) is 0 Å². The fourth-order valence-electron chi connectivity index (χ4n) is 2.18. The molecule has 2 aromatic carbocycles. The number of carbonyl (C=O) groups excluding carboxylic acids is 1. The van der Waals surface area contributed by atoms with Crippen molar-refractivity contribution in [3.8, 4) is 0 Å². The number of hydrogen-bond acceptors (Lipinski definition) is 2. The molecule has 1 amide bonds. The van der Waals surface area contributed by atoms with Gasteiger partial charge in [-0.3, -0.25) is 4.79 Å². The second-order valence-electron chi connectivity index (χ2n) is 4.65. The minimum absolute atomic E-state index is 0.0272. The second-order valence-corrected chi connectivity index (χ2v) is 4.65. The molecule has 0 bridgehead atoms. The van der Waals surface area contributed by atoms with E-state index in [9.17, 15) is 4.79 Å². The first-order chi connectivity index (χ1) is 9.75. The van der Waals surface area contributed by atoms with Crippen LogP contribution in [0.15, 0.2) is 60.9 Å². The molecule has 3 aromatic rings. The van der Waals surface area contributed by atoms with E-state index in [0.717, 1.165) is 16.7 Å². The van der Waals surface area contributed by atoms with Gasteiger partial charge in [0.05, 0.1) is 17.4 Å². The lowest BCUT2D eigenvalue weighted by atomic mass is 10.3. The lowest BCUT2D eigenvalue weighted by molar-refractivity contribution is -0.118. The van der Waals surface area contributed by atoms with E-state index >= 15 is 0 Å². The summed E-state index contributed by atoms with van der Waals surface area (Å²) < 4.78 is 1.87. The summed E-state index contributed by atoms with van der Waals surface area (Å²) >= 11 is 0. The number of benzene rings is 2. The largest absolute Gasteiger partial charge is 0.321 e. The van der Waals surface area contributed by atoms with E-state index in [0.29, 0.717) is 0 Å². The van der Waals surface area contributed by atoms with Crippen LogP contribution in [0.4, 0.5) is 5.69 Å². The highest BCUT2D eigenvalue weighted by Gasteiger charge is 2.12. The van der Waals surface area contributed by atoms with Crippen molar-refractivity contribution in [1.82, 2.24) is 9.55 Å². The Bertz CT molecular complexity index is 734. The number of imidazole rings is 1. The number of fused-ring (bicyclic) bond motifs is 1. The molecule has 1 aromatic heterocycles. The van der Waals surface area contributed by atoms with Crippen molar-refractivity contribution in [2.24, 2.45) is 0 Å². The Hall–Kier alpha value is -2.62. The van der Waals surface area contributed by atoms with Crippen molar-refractivity contribution in [1.29, 1.82) is 0 Å². The Morgan fingerprint density at radius 3 is 2.60 bits per heavy atom. The Balaban J connectivity index is 1.82. The third-order valence-corrected chi connectivity index (χ3v) is 3.35. The molecule has 4 heteroatoms. The zero-order valence-electron chi connectivity index (χ0n) is 11.2. The predicted octanol–water partition coefficient (Wildman–Crippen LogP) is 2.70. The highest BCUT2D eigenvalue weighted by Crippen LogP contribution is 2.14. The number of rotatable bonds is 3. The third-order valence-electron chi connectivity index (χ3n) is 3.35. The van der Waals surface area contributed by atoms with Crippen LogP contribution < -0.4 is 4.90 Å². The molecule has 1 heterocycles. The van der Waals surface area contributed by atoms with Crippen LogP contribution in [0.1, 0.15) is 0 Å². The molecule has 0 atom stereocenters. The standard InChI is InChI=1S/C16H15N3O/c1-18(13-7-3-2-4-8-13)16(20)11-19-12-17-14-9-5-6-10-15(14)19/h2-10,12H,11H2,1H3. The van der Waals surface area contributed by atoms with Gasteiger partial charge in [0.25, 0.3) is 0 Å². The van der Waals surface area contributed by atoms with Gasteiger partial charge in [-0.2, -0.15) is 0 Å². The van der Waals surface area contributed by atoms with Gasteiger partial charge in [0, 0.05) is 12.7 Å². The van der Waals surface area contributed by atoms with Crippen LogP contribution in [0.2, 0.25) is 0 Å². The number of hydrogen-bond donors (Lipinski definition) is 0. The van der Waals surface area contributed by atoms with Gasteiger partial charge >= 0.3 is 0 Å². The molecule has 0 saturated carbocycles. The molecule has 4 nitrogen and oxygen atoms in total. The summed E-state index contributed by atoms with van der Waals surface area (Å²) in [5.74, 6) is 0.0272. The van der Waals surface area contributed by atoms with Crippen molar-refractivity contribution in [2.75, 3.05) is 11.9 Å². The second kappa shape index (κ2) is 5.17.